The molecule has 0 bridgehead atoms. The smallest absolute Gasteiger partial charge is 0.375 e. The van der Waals surface area contributed by atoms with Gasteiger partial charge in [-0.25, -0.2) is 17.8 Å². The quantitative estimate of drug-likeness (QED) is 0.428. The van der Waals surface area contributed by atoms with Crippen LogP contribution >= 0.6 is 0 Å². The lowest BCUT2D eigenvalue weighted by Crippen LogP contribution is -2.20. The van der Waals surface area contributed by atoms with Crippen molar-refractivity contribution in [2.24, 2.45) is 0 Å². The summed E-state index contributed by atoms with van der Waals surface area (Å²) in [6.07, 6.45) is -1.31. The summed E-state index contributed by atoms with van der Waals surface area (Å²) in [5.41, 5.74) is -0.606. The zero-order valence-electron chi connectivity index (χ0n) is 17.2. The summed E-state index contributed by atoms with van der Waals surface area (Å²) < 4.78 is 82.2. The summed E-state index contributed by atoms with van der Waals surface area (Å²) in [7, 11) is -3.64. The fourth-order valence-corrected chi connectivity index (χ4v) is 3.07. The van der Waals surface area contributed by atoms with Gasteiger partial charge in [-0.2, -0.15) is 13.2 Å². The molecule has 7 nitrogen and oxygen atoms in total. The van der Waals surface area contributed by atoms with Crippen LogP contribution in [0.4, 0.5) is 23.2 Å². The molecule has 1 heterocycles. The van der Waals surface area contributed by atoms with Crippen LogP contribution in [-0.4, -0.2) is 32.2 Å². The normalized spacial score (nSPS) is 12.2. The lowest BCUT2D eigenvalue weighted by molar-refractivity contribution is -0.141. The average molecular weight is 475 g/mol. The Bertz CT molecular complexity index is 1100. The molecule has 2 aromatic rings. The number of pyridine rings is 1. The van der Waals surface area contributed by atoms with E-state index in [0.29, 0.717) is 5.56 Å². The van der Waals surface area contributed by atoms with Gasteiger partial charge in [0.1, 0.15) is 11.5 Å². The molecule has 0 saturated heterocycles. The third-order valence-electron chi connectivity index (χ3n) is 3.95. The largest absolute Gasteiger partial charge is 0.433 e. The van der Waals surface area contributed by atoms with E-state index in [1.54, 1.807) is 6.92 Å². The number of nitrogens with one attached hydrogen (secondary N) is 2. The van der Waals surface area contributed by atoms with Gasteiger partial charge in [0.25, 0.3) is 0 Å². The topological polar surface area (TPSA) is 97.4 Å². The molecule has 0 aliphatic carbocycles. The number of nitrogens with zero attached hydrogens (tertiary/aromatic N) is 1. The highest BCUT2D eigenvalue weighted by atomic mass is 32.2. The summed E-state index contributed by atoms with van der Waals surface area (Å²) in [5, 5.41) is 2.50. The Kier molecular flexibility index (Phi) is 8.33. The number of carbonyl (C=O) groups is 1. The Morgan fingerprint density at radius 3 is 2.53 bits per heavy atom. The van der Waals surface area contributed by atoms with Gasteiger partial charge < -0.3 is 10.1 Å². The third-order valence-corrected chi connectivity index (χ3v) is 4.54. The van der Waals surface area contributed by atoms with Crippen molar-refractivity contribution in [3.63, 3.8) is 0 Å². The van der Waals surface area contributed by atoms with Crippen LogP contribution in [0.1, 0.15) is 29.4 Å². The highest BCUT2D eigenvalue weighted by Gasteiger charge is 2.32. The molecule has 32 heavy (non-hydrogen) atoms. The monoisotopic (exact) mass is 475 g/mol. The maximum absolute atomic E-state index is 14.0. The molecule has 0 spiro atoms. The number of hydrogen-bond donors (Lipinski definition) is 2. The van der Waals surface area contributed by atoms with E-state index < -0.39 is 33.6 Å². The molecule has 2 rings (SSSR count). The fraction of sp³-hybridized carbons (Fsp3) is 0.300. The zero-order valence-corrected chi connectivity index (χ0v) is 18.0. The standard InChI is InChI=1S/C20H21F4N3O4S/c1-3-31-12-17-14(5-8-18(26-17)20(22,23)24)6-9-19(28)25-11-13-4-7-16(15(21)10-13)27-32(2,29)30/h4-10,27H,3,11-12H2,1-2H3,(H,25,28). The van der Waals surface area contributed by atoms with Gasteiger partial charge in [0, 0.05) is 19.2 Å². The first-order chi connectivity index (χ1) is 14.9. The van der Waals surface area contributed by atoms with Crippen molar-refractivity contribution in [3.05, 3.63) is 64.7 Å². The van der Waals surface area contributed by atoms with Crippen molar-refractivity contribution in [3.8, 4) is 0 Å². The number of rotatable bonds is 9. The van der Waals surface area contributed by atoms with E-state index in [-0.39, 0.29) is 36.7 Å². The van der Waals surface area contributed by atoms with Gasteiger partial charge in [0.05, 0.1) is 24.2 Å². The molecule has 0 aliphatic heterocycles. The van der Waals surface area contributed by atoms with Crippen molar-refractivity contribution in [1.29, 1.82) is 0 Å². The van der Waals surface area contributed by atoms with E-state index in [1.807, 2.05) is 4.72 Å². The second kappa shape index (κ2) is 10.6. The van der Waals surface area contributed by atoms with Crippen LogP contribution in [0, 0.1) is 5.82 Å². The van der Waals surface area contributed by atoms with Crippen LogP contribution in [0.15, 0.2) is 36.4 Å². The van der Waals surface area contributed by atoms with Gasteiger partial charge >= 0.3 is 6.18 Å². The van der Waals surface area contributed by atoms with Crippen LogP contribution in [0.3, 0.4) is 0 Å². The van der Waals surface area contributed by atoms with Crippen molar-refractivity contribution in [2.75, 3.05) is 17.6 Å². The lowest BCUT2D eigenvalue weighted by atomic mass is 10.1. The Hall–Kier alpha value is -2.99. The van der Waals surface area contributed by atoms with Crippen molar-refractivity contribution in [1.82, 2.24) is 10.3 Å². The minimum Gasteiger partial charge on any atom is -0.375 e. The second-order valence-electron chi connectivity index (χ2n) is 6.61. The molecule has 12 heteroatoms. The summed E-state index contributed by atoms with van der Waals surface area (Å²) in [6.45, 7) is 1.74. The SMILES string of the molecule is CCOCc1nc(C(F)(F)F)ccc1C=CC(=O)NCc1ccc(NS(C)(=O)=O)c(F)c1. The number of ether oxygens (including phenoxy) is 1. The number of amides is 1. The first kappa shape index (κ1) is 25.3. The third kappa shape index (κ3) is 7.93. The number of carbonyl (C=O) groups excluding carboxylic acids is 1. The molecule has 0 saturated carbocycles. The van der Waals surface area contributed by atoms with Gasteiger partial charge in [0.2, 0.25) is 15.9 Å². The fourth-order valence-electron chi connectivity index (χ4n) is 2.50. The molecule has 0 radical (unpaired) electrons. The molecule has 1 amide bonds. The minimum absolute atomic E-state index is 0.0294. The Morgan fingerprint density at radius 2 is 1.94 bits per heavy atom. The maximum atomic E-state index is 14.0. The van der Waals surface area contributed by atoms with E-state index in [2.05, 4.69) is 10.3 Å². The Morgan fingerprint density at radius 1 is 1.22 bits per heavy atom. The number of halogens is 4. The molecule has 0 fully saturated rings. The van der Waals surface area contributed by atoms with Crippen molar-refractivity contribution >= 4 is 27.7 Å². The molecular weight excluding hydrogens is 454 g/mol. The molecular formula is C20H21F4N3O4S. The summed E-state index contributed by atoms with van der Waals surface area (Å²) in [6, 6.07) is 5.72. The van der Waals surface area contributed by atoms with Crippen LogP contribution in [0.25, 0.3) is 6.08 Å². The van der Waals surface area contributed by atoms with E-state index in [1.165, 1.54) is 24.3 Å². The molecule has 0 atom stereocenters. The van der Waals surface area contributed by atoms with Gasteiger partial charge in [-0.05, 0) is 42.3 Å². The lowest BCUT2D eigenvalue weighted by Gasteiger charge is -2.11. The van der Waals surface area contributed by atoms with Gasteiger partial charge in [-0.15, -0.1) is 0 Å². The van der Waals surface area contributed by atoms with Gasteiger partial charge in [-0.3, -0.25) is 9.52 Å². The van der Waals surface area contributed by atoms with E-state index in [4.69, 9.17) is 4.74 Å². The number of hydrogen-bond acceptors (Lipinski definition) is 5. The van der Waals surface area contributed by atoms with Crippen molar-refractivity contribution in [2.45, 2.75) is 26.3 Å². The van der Waals surface area contributed by atoms with E-state index in [0.717, 1.165) is 24.5 Å². The number of aromatic nitrogens is 1. The minimum atomic E-state index is -4.61. The zero-order chi connectivity index (χ0) is 23.9. The van der Waals surface area contributed by atoms with E-state index >= 15 is 0 Å². The highest BCUT2D eigenvalue weighted by Crippen LogP contribution is 2.28. The summed E-state index contributed by atoms with van der Waals surface area (Å²) in [4.78, 5) is 15.6. The first-order valence-corrected chi connectivity index (χ1v) is 11.1. The number of anilines is 1. The average Bonchev–Trinajstić information content (AvgIpc) is 2.69. The predicted octanol–water partition coefficient (Wildman–Crippen LogP) is 3.48. The van der Waals surface area contributed by atoms with Crippen LogP contribution in [0.5, 0.6) is 0 Å². The predicted molar refractivity (Wildman–Crippen MR) is 110 cm³/mol. The van der Waals surface area contributed by atoms with Gasteiger partial charge in [0.15, 0.2) is 0 Å². The van der Waals surface area contributed by atoms with E-state index in [9.17, 15) is 30.8 Å². The Labute approximate surface area is 182 Å². The molecule has 174 valence electrons. The summed E-state index contributed by atoms with van der Waals surface area (Å²) >= 11 is 0. The number of alkyl halides is 3. The van der Waals surface area contributed by atoms with Crippen molar-refractivity contribution < 1.29 is 35.5 Å². The second-order valence-corrected chi connectivity index (χ2v) is 8.36. The van der Waals surface area contributed by atoms with Crippen LogP contribution < -0.4 is 10.0 Å². The summed E-state index contributed by atoms with van der Waals surface area (Å²) in [5.74, 6) is -1.39. The molecule has 0 unspecified atom stereocenters. The molecule has 1 aromatic carbocycles. The van der Waals surface area contributed by atoms with Gasteiger partial charge in [-0.1, -0.05) is 12.1 Å². The molecule has 1 aromatic heterocycles. The van der Waals surface area contributed by atoms with Crippen LogP contribution in [-0.2, 0) is 38.9 Å². The Balaban J connectivity index is 2.06. The molecule has 0 aliphatic rings. The highest BCUT2D eigenvalue weighted by molar-refractivity contribution is 7.92. The first-order valence-electron chi connectivity index (χ1n) is 9.26. The number of sulfonamides is 1. The van der Waals surface area contributed by atoms with Crippen LogP contribution in [0.2, 0.25) is 0 Å². The maximum Gasteiger partial charge on any atom is 0.433 e. The number of benzene rings is 1. The molecule has 2 N–H and O–H groups in total.